The van der Waals surface area contributed by atoms with Gasteiger partial charge in [0.25, 0.3) is 5.91 Å². The Bertz CT molecular complexity index is 898. The van der Waals surface area contributed by atoms with Crippen LogP contribution < -0.4 is 5.32 Å². The fourth-order valence-corrected chi connectivity index (χ4v) is 2.91. The number of pyridine rings is 1. The number of anilines is 1. The molecule has 0 saturated heterocycles. The van der Waals surface area contributed by atoms with Gasteiger partial charge in [-0.3, -0.25) is 9.78 Å². The predicted molar refractivity (Wildman–Crippen MR) is 95.1 cm³/mol. The van der Waals surface area contributed by atoms with Crippen LogP contribution in [0.5, 0.6) is 0 Å². The third-order valence-electron chi connectivity index (χ3n) is 3.45. The van der Waals surface area contributed by atoms with Gasteiger partial charge in [-0.05, 0) is 37.3 Å². The molecule has 0 aliphatic heterocycles. The Hall–Kier alpha value is -2.78. The lowest BCUT2D eigenvalue weighted by atomic mass is 10.2. The molecule has 0 saturated carbocycles. The lowest BCUT2D eigenvalue weighted by Crippen LogP contribution is -2.30. The van der Waals surface area contributed by atoms with Crippen LogP contribution in [0.4, 0.5) is 5.69 Å². The molecule has 0 aliphatic carbocycles. The molecule has 1 heterocycles. The quantitative estimate of drug-likeness (QED) is 0.765. The first kappa shape index (κ1) is 19.5. The molecule has 1 aromatic heterocycles. The van der Waals surface area contributed by atoms with Crippen LogP contribution in [-0.2, 0) is 19.6 Å². The van der Waals surface area contributed by atoms with Gasteiger partial charge in [-0.1, -0.05) is 6.07 Å². The molecule has 9 heteroatoms. The van der Waals surface area contributed by atoms with Gasteiger partial charge < -0.3 is 10.1 Å². The van der Waals surface area contributed by atoms with Crippen molar-refractivity contribution >= 4 is 27.6 Å². The van der Waals surface area contributed by atoms with E-state index < -0.39 is 28.0 Å². The third-order valence-corrected chi connectivity index (χ3v) is 5.26. The predicted octanol–water partition coefficient (Wildman–Crippen LogP) is 1.52. The van der Waals surface area contributed by atoms with Crippen molar-refractivity contribution in [3.05, 3.63) is 54.4 Å². The highest BCUT2D eigenvalue weighted by Gasteiger charge is 2.21. The SMILES string of the molecule is C[C@H](OC(=O)c1ccncc1)C(=O)Nc1cccc(S(=O)(=O)N(C)C)c1. The molecule has 26 heavy (non-hydrogen) atoms. The monoisotopic (exact) mass is 377 g/mol. The number of carbonyl (C=O) groups excluding carboxylic acids is 2. The molecule has 0 unspecified atom stereocenters. The molecule has 1 atom stereocenters. The first-order valence-corrected chi connectivity index (χ1v) is 9.10. The van der Waals surface area contributed by atoms with E-state index in [4.69, 9.17) is 4.74 Å². The fraction of sp³-hybridized carbons (Fsp3) is 0.235. The Morgan fingerprint density at radius 1 is 1.15 bits per heavy atom. The molecule has 0 bridgehead atoms. The summed E-state index contributed by atoms with van der Waals surface area (Å²) < 4.78 is 30.5. The number of nitrogens with one attached hydrogen (secondary N) is 1. The Kier molecular flexibility index (Phi) is 6.06. The largest absolute Gasteiger partial charge is 0.449 e. The number of amides is 1. The maximum atomic E-state index is 12.2. The maximum absolute atomic E-state index is 12.2. The second-order valence-corrected chi connectivity index (χ2v) is 7.74. The van der Waals surface area contributed by atoms with Crippen LogP contribution in [0.1, 0.15) is 17.3 Å². The number of ether oxygens (including phenoxy) is 1. The fourth-order valence-electron chi connectivity index (χ4n) is 1.96. The summed E-state index contributed by atoms with van der Waals surface area (Å²) in [5.41, 5.74) is 0.559. The zero-order valence-corrected chi connectivity index (χ0v) is 15.4. The average Bonchev–Trinajstić information content (AvgIpc) is 2.62. The van der Waals surface area contributed by atoms with Crippen molar-refractivity contribution in [1.82, 2.24) is 9.29 Å². The normalized spacial score (nSPS) is 12.5. The Morgan fingerprint density at radius 2 is 1.81 bits per heavy atom. The lowest BCUT2D eigenvalue weighted by molar-refractivity contribution is -0.123. The highest BCUT2D eigenvalue weighted by molar-refractivity contribution is 7.89. The minimum absolute atomic E-state index is 0.0433. The summed E-state index contributed by atoms with van der Waals surface area (Å²) in [4.78, 5) is 28.0. The summed E-state index contributed by atoms with van der Waals surface area (Å²) >= 11 is 0. The molecule has 138 valence electrons. The summed E-state index contributed by atoms with van der Waals surface area (Å²) in [6.45, 7) is 1.43. The topological polar surface area (TPSA) is 106 Å². The number of esters is 1. The van der Waals surface area contributed by atoms with E-state index in [1.807, 2.05) is 0 Å². The molecule has 1 N–H and O–H groups in total. The van der Waals surface area contributed by atoms with Crippen LogP contribution in [0, 0.1) is 0 Å². The van der Waals surface area contributed by atoms with E-state index in [-0.39, 0.29) is 16.1 Å². The molecule has 8 nitrogen and oxygen atoms in total. The first-order valence-electron chi connectivity index (χ1n) is 7.66. The number of benzene rings is 1. The summed E-state index contributed by atoms with van der Waals surface area (Å²) in [7, 11) is -0.784. The lowest BCUT2D eigenvalue weighted by Gasteiger charge is -2.15. The van der Waals surface area contributed by atoms with Crippen molar-refractivity contribution in [2.24, 2.45) is 0 Å². The van der Waals surface area contributed by atoms with Gasteiger partial charge in [0.05, 0.1) is 10.5 Å². The van der Waals surface area contributed by atoms with Crippen molar-refractivity contribution in [2.45, 2.75) is 17.9 Å². The van der Waals surface area contributed by atoms with Gasteiger partial charge in [0.2, 0.25) is 10.0 Å². The van der Waals surface area contributed by atoms with Crippen LogP contribution in [0.15, 0.2) is 53.7 Å². The van der Waals surface area contributed by atoms with Crippen LogP contribution in [0.25, 0.3) is 0 Å². The van der Waals surface area contributed by atoms with Gasteiger partial charge >= 0.3 is 5.97 Å². The molecule has 1 amide bonds. The van der Waals surface area contributed by atoms with Gasteiger partial charge in [-0.2, -0.15) is 0 Å². The standard InChI is InChI=1S/C17H19N3O5S/c1-12(25-17(22)13-7-9-18-10-8-13)16(21)19-14-5-4-6-15(11-14)26(23,24)20(2)3/h4-12H,1-3H3,(H,19,21)/t12-/m0/s1. The number of aromatic nitrogens is 1. The van der Waals surface area contributed by atoms with Crippen molar-refractivity contribution in [3.63, 3.8) is 0 Å². The second kappa shape index (κ2) is 8.07. The van der Waals surface area contributed by atoms with Gasteiger partial charge in [0.1, 0.15) is 0 Å². The van der Waals surface area contributed by atoms with Crippen LogP contribution in [0.2, 0.25) is 0 Å². The van der Waals surface area contributed by atoms with E-state index in [9.17, 15) is 18.0 Å². The van der Waals surface area contributed by atoms with Crippen LogP contribution >= 0.6 is 0 Å². The van der Waals surface area contributed by atoms with Crippen molar-refractivity contribution in [1.29, 1.82) is 0 Å². The van der Waals surface area contributed by atoms with E-state index in [2.05, 4.69) is 10.3 Å². The summed E-state index contributed by atoms with van der Waals surface area (Å²) in [6.07, 6.45) is 1.82. The van der Waals surface area contributed by atoms with Crippen LogP contribution in [-0.4, -0.2) is 49.8 Å². The second-order valence-electron chi connectivity index (χ2n) is 5.59. The summed E-state index contributed by atoms with van der Waals surface area (Å²) in [5.74, 6) is -1.23. The van der Waals surface area contributed by atoms with Crippen molar-refractivity contribution < 1.29 is 22.7 Å². The molecule has 1 aromatic carbocycles. The number of rotatable bonds is 6. The maximum Gasteiger partial charge on any atom is 0.339 e. The number of nitrogens with zero attached hydrogens (tertiary/aromatic N) is 2. The highest BCUT2D eigenvalue weighted by Crippen LogP contribution is 2.18. The summed E-state index contributed by atoms with van der Waals surface area (Å²) in [6, 6.07) is 8.78. The van der Waals surface area contributed by atoms with Gasteiger partial charge in [-0.25, -0.2) is 17.5 Å². The zero-order chi connectivity index (χ0) is 19.3. The molecule has 0 fully saturated rings. The first-order chi connectivity index (χ1) is 12.2. The number of hydrogen-bond donors (Lipinski definition) is 1. The van der Waals surface area contributed by atoms with E-state index in [1.165, 1.54) is 63.7 Å². The molecule has 0 spiro atoms. The Balaban J connectivity index is 2.06. The van der Waals surface area contributed by atoms with Gasteiger partial charge in [0.15, 0.2) is 6.10 Å². The van der Waals surface area contributed by atoms with E-state index >= 15 is 0 Å². The van der Waals surface area contributed by atoms with E-state index in [0.29, 0.717) is 0 Å². The molecule has 0 radical (unpaired) electrons. The van der Waals surface area contributed by atoms with Crippen molar-refractivity contribution in [2.75, 3.05) is 19.4 Å². The van der Waals surface area contributed by atoms with Crippen LogP contribution in [0.3, 0.4) is 0 Å². The molecule has 0 aliphatic rings. The van der Waals surface area contributed by atoms with E-state index in [0.717, 1.165) is 4.31 Å². The molecule has 2 rings (SSSR count). The zero-order valence-electron chi connectivity index (χ0n) is 14.5. The Morgan fingerprint density at radius 3 is 2.42 bits per heavy atom. The number of carbonyl (C=O) groups is 2. The average molecular weight is 377 g/mol. The molecular formula is C17H19N3O5S. The highest BCUT2D eigenvalue weighted by atomic mass is 32.2. The van der Waals surface area contributed by atoms with E-state index in [1.54, 1.807) is 6.07 Å². The minimum Gasteiger partial charge on any atom is -0.449 e. The van der Waals surface area contributed by atoms with Crippen molar-refractivity contribution in [3.8, 4) is 0 Å². The number of sulfonamides is 1. The summed E-state index contributed by atoms with van der Waals surface area (Å²) in [5, 5.41) is 2.54. The van der Waals surface area contributed by atoms with Gasteiger partial charge in [-0.15, -0.1) is 0 Å². The van der Waals surface area contributed by atoms with Gasteiger partial charge in [0, 0.05) is 32.2 Å². The molecule has 2 aromatic rings. The molecular weight excluding hydrogens is 358 g/mol. The third kappa shape index (κ3) is 4.64. The smallest absolute Gasteiger partial charge is 0.339 e. The number of hydrogen-bond acceptors (Lipinski definition) is 6. The Labute approximate surface area is 151 Å². The minimum atomic E-state index is -3.62.